The van der Waals surface area contributed by atoms with Crippen molar-refractivity contribution in [2.24, 2.45) is 5.73 Å². The van der Waals surface area contributed by atoms with Crippen molar-refractivity contribution in [1.82, 2.24) is 0 Å². The molecule has 0 amide bonds. The van der Waals surface area contributed by atoms with Gasteiger partial charge in [0.1, 0.15) is 5.82 Å². The number of thiophene rings is 1. The second-order valence-corrected chi connectivity index (χ2v) is 5.41. The zero-order chi connectivity index (χ0) is 12.3. The van der Waals surface area contributed by atoms with E-state index in [0.29, 0.717) is 11.0 Å². The van der Waals surface area contributed by atoms with Crippen molar-refractivity contribution in [1.29, 1.82) is 0 Å². The predicted molar refractivity (Wildman–Crippen MR) is 73.8 cm³/mol. The summed E-state index contributed by atoms with van der Waals surface area (Å²) in [5.74, 6) is -0.268. The molecule has 0 spiro atoms. The molecule has 0 aliphatic carbocycles. The van der Waals surface area contributed by atoms with Gasteiger partial charge in [0.15, 0.2) is 0 Å². The number of benzene rings is 1. The van der Waals surface area contributed by atoms with Gasteiger partial charge in [-0.05, 0) is 45.6 Å². The summed E-state index contributed by atoms with van der Waals surface area (Å²) in [6.07, 6.45) is 0. The molecule has 17 heavy (non-hydrogen) atoms. The highest BCUT2D eigenvalue weighted by Crippen LogP contribution is 2.25. The standard InChI is InChI=1S/C12H12BrFN2S/c13-9-6-8(3-4-10(9)14)16-11(7-15)12-2-1-5-17-12/h1-6,11,16H,7,15H2. The molecule has 2 aromatic rings. The monoisotopic (exact) mass is 314 g/mol. The van der Waals surface area contributed by atoms with Gasteiger partial charge in [-0.1, -0.05) is 6.07 Å². The minimum absolute atomic E-state index is 0.0624. The quantitative estimate of drug-likeness (QED) is 0.901. The molecule has 0 radical (unpaired) electrons. The van der Waals surface area contributed by atoms with Crippen molar-refractivity contribution in [3.05, 3.63) is 50.9 Å². The largest absolute Gasteiger partial charge is 0.376 e. The molecule has 5 heteroatoms. The molecule has 1 aromatic heterocycles. The summed E-state index contributed by atoms with van der Waals surface area (Å²) in [5.41, 5.74) is 6.59. The summed E-state index contributed by atoms with van der Waals surface area (Å²) >= 11 is 4.82. The van der Waals surface area contributed by atoms with E-state index < -0.39 is 0 Å². The second kappa shape index (κ2) is 5.62. The Morgan fingerprint density at radius 3 is 2.82 bits per heavy atom. The number of anilines is 1. The van der Waals surface area contributed by atoms with E-state index in [2.05, 4.69) is 21.2 Å². The van der Waals surface area contributed by atoms with Gasteiger partial charge in [0.25, 0.3) is 0 Å². The van der Waals surface area contributed by atoms with Gasteiger partial charge in [-0.2, -0.15) is 0 Å². The van der Waals surface area contributed by atoms with Crippen molar-refractivity contribution in [2.75, 3.05) is 11.9 Å². The minimum atomic E-state index is -0.268. The lowest BCUT2D eigenvalue weighted by Gasteiger charge is -2.17. The zero-order valence-corrected chi connectivity index (χ0v) is 11.4. The van der Waals surface area contributed by atoms with Crippen molar-refractivity contribution >= 4 is 33.0 Å². The SMILES string of the molecule is NCC(Nc1ccc(F)c(Br)c1)c1cccs1. The van der Waals surface area contributed by atoms with Crippen molar-refractivity contribution < 1.29 is 4.39 Å². The lowest BCUT2D eigenvalue weighted by Crippen LogP contribution is -2.19. The highest BCUT2D eigenvalue weighted by Gasteiger charge is 2.11. The van der Waals surface area contributed by atoms with Crippen LogP contribution in [0.4, 0.5) is 10.1 Å². The maximum atomic E-state index is 13.1. The first kappa shape index (κ1) is 12.5. The third kappa shape index (κ3) is 3.06. The summed E-state index contributed by atoms with van der Waals surface area (Å²) in [6, 6.07) is 8.93. The molecule has 2 nitrogen and oxygen atoms in total. The topological polar surface area (TPSA) is 38.0 Å². The summed E-state index contributed by atoms with van der Waals surface area (Å²) in [4.78, 5) is 1.17. The van der Waals surface area contributed by atoms with Crippen LogP contribution in [0.25, 0.3) is 0 Å². The molecule has 2 rings (SSSR count). The fraction of sp³-hybridized carbons (Fsp3) is 0.167. The van der Waals surface area contributed by atoms with Crippen LogP contribution in [0.2, 0.25) is 0 Å². The summed E-state index contributed by atoms with van der Waals surface area (Å²) in [5, 5.41) is 5.30. The fourth-order valence-electron chi connectivity index (χ4n) is 1.52. The van der Waals surface area contributed by atoms with E-state index in [9.17, 15) is 4.39 Å². The minimum Gasteiger partial charge on any atom is -0.376 e. The smallest absolute Gasteiger partial charge is 0.137 e. The molecule has 3 N–H and O–H groups in total. The van der Waals surface area contributed by atoms with Crippen molar-refractivity contribution in [3.63, 3.8) is 0 Å². The molecule has 0 aliphatic rings. The average Bonchev–Trinajstić information content (AvgIpc) is 2.84. The molecule has 0 saturated carbocycles. The second-order valence-electron chi connectivity index (χ2n) is 3.58. The molecule has 0 bridgehead atoms. The zero-order valence-electron chi connectivity index (χ0n) is 8.99. The fourth-order valence-corrected chi connectivity index (χ4v) is 2.69. The van der Waals surface area contributed by atoms with Gasteiger partial charge < -0.3 is 11.1 Å². The first-order valence-electron chi connectivity index (χ1n) is 5.16. The van der Waals surface area contributed by atoms with Gasteiger partial charge in [-0.25, -0.2) is 4.39 Å². The van der Waals surface area contributed by atoms with Crippen LogP contribution in [0.3, 0.4) is 0 Å². The summed E-state index contributed by atoms with van der Waals surface area (Å²) in [7, 11) is 0. The van der Waals surface area contributed by atoms with Crippen LogP contribution in [0, 0.1) is 5.82 Å². The Labute approximate surface area is 112 Å². The van der Waals surface area contributed by atoms with Crippen LogP contribution in [0.5, 0.6) is 0 Å². The van der Waals surface area contributed by atoms with Gasteiger partial charge in [0.2, 0.25) is 0 Å². The van der Waals surface area contributed by atoms with Gasteiger partial charge in [0.05, 0.1) is 10.5 Å². The Bertz CT molecular complexity index is 487. The van der Waals surface area contributed by atoms with Crippen LogP contribution in [0.15, 0.2) is 40.2 Å². The molecule has 90 valence electrons. The van der Waals surface area contributed by atoms with Crippen molar-refractivity contribution in [2.45, 2.75) is 6.04 Å². The van der Waals surface area contributed by atoms with Gasteiger partial charge >= 0.3 is 0 Å². The van der Waals surface area contributed by atoms with Crippen LogP contribution in [0.1, 0.15) is 10.9 Å². The van der Waals surface area contributed by atoms with Gasteiger partial charge in [-0.3, -0.25) is 0 Å². The van der Waals surface area contributed by atoms with Gasteiger partial charge in [-0.15, -0.1) is 11.3 Å². The number of halogens is 2. The Hall–Kier alpha value is -0.910. The van der Waals surface area contributed by atoms with Crippen LogP contribution < -0.4 is 11.1 Å². The molecule has 1 heterocycles. The Kier molecular flexibility index (Phi) is 4.15. The summed E-state index contributed by atoms with van der Waals surface area (Å²) in [6.45, 7) is 0.496. The highest BCUT2D eigenvalue weighted by atomic mass is 79.9. The Balaban J connectivity index is 2.16. The first-order valence-corrected chi connectivity index (χ1v) is 6.83. The molecule has 0 aliphatic heterocycles. The maximum Gasteiger partial charge on any atom is 0.137 e. The van der Waals surface area contributed by atoms with E-state index in [1.807, 2.05) is 17.5 Å². The predicted octanol–water partition coefficient (Wildman–Crippen LogP) is 3.76. The van der Waals surface area contributed by atoms with Crippen LogP contribution in [-0.2, 0) is 0 Å². The molecule has 0 saturated heterocycles. The molecular weight excluding hydrogens is 303 g/mol. The lowest BCUT2D eigenvalue weighted by atomic mass is 10.2. The van der Waals surface area contributed by atoms with E-state index in [0.717, 1.165) is 5.69 Å². The van der Waals surface area contributed by atoms with E-state index in [1.54, 1.807) is 23.5 Å². The molecule has 1 unspecified atom stereocenters. The molecule has 1 atom stereocenters. The normalized spacial score (nSPS) is 12.4. The van der Waals surface area contributed by atoms with E-state index >= 15 is 0 Å². The number of hydrogen-bond acceptors (Lipinski definition) is 3. The number of hydrogen-bond donors (Lipinski definition) is 2. The molecule has 1 aromatic carbocycles. The third-order valence-corrected chi connectivity index (χ3v) is 3.98. The summed E-state index contributed by atoms with van der Waals surface area (Å²) < 4.78 is 13.5. The number of rotatable bonds is 4. The highest BCUT2D eigenvalue weighted by molar-refractivity contribution is 9.10. The van der Waals surface area contributed by atoms with E-state index in [-0.39, 0.29) is 11.9 Å². The van der Waals surface area contributed by atoms with Crippen LogP contribution in [-0.4, -0.2) is 6.54 Å². The number of nitrogens with one attached hydrogen (secondary N) is 1. The average molecular weight is 315 g/mol. The van der Waals surface area contributed by atoms with E-state index in [1.165, 1.54) is 10.9 Å². The van der Waals surface area contributed by atoms with Crippen LogP contribution >= 0.6 is 27.3 Å². The van der Waals surface area contributed by atoms with E-state index in [4.69, 9.17) is 5.73 Å². The Morgan fingerprint density at radius 2 is 2.24 bits per heavy atom. The number of nitrogens with two attached hydrogens (primary N) is 1. The molecular formula is C12H12BrFN2S. The maximum absolute atomic E-state index is 13.1. The van der Waals surface area contributed by atoms with Crippen molar-refractivity contribution in [3.8, 4) is 0 Å². The molecule has 0 fully saturated rings. The first-order chi connectivity index (χ1) is 8.20. The third-order valence-electron chi connectivity index (χ3n) is 2.38. The van der Waals surface area contributed by atoms with Gasteiger partial charge in [0, 0.05) is 17.1 Å². The Morgan fingerprint density at radius 1 is 1.41 bits per heavy atom. The lowest BCUT2D eigenvalue weighted by molar-refractivity contribution is 0.621.